The zero-order valence-corrected chi connectivity index (χ0v) is 6.50. The standard InChI is InChI=1S/C10H10O/c1-6-2-3-7-5-9-10(11-9)8(7)4-6/h2-4,9-10H,5H2,1H3. The van der Waals surface area contributed by atoms with Crippen LogP contribution in [0.4, 0.5) is 0 Å². The van der Waals surface area contributed by atoms with E-state index in [1.165, 1.54) is 16.7 Å². The summed E-state index contributed by atoms with van der Waals surface area (Å²) in [6.07, 6.45) is 2.14. The maximum atomic E-state index is 5.43. The molecule has 0 radical (unpaired) electrons. The number of aryl methyl sites for hydroxylation is 1. The molecule has 1 saturated heterocycles. The fraction of sp³-hybridized carbons (Fsp3) is 0.400. The summed E-state index contributed by atoms with van der Waals surface area (Å²) in [6.45, 7) is 2.13. The van der Waals surface area contributed by atoms with Crippen molar-refractivity contribution < 1.29 is 4.74 Å². The van der Waals surface area contributed by atoms with Gasteiger partial charge in [0, 0.05) is 6.42 Å². The largest absolute Gasteiger partial charge is 0.364 e. The number of epoxide rings is 1. The predicted molar refractivity (Wildman–Crippen MR) is 42.5 cm³/mol. The summed E-state index contributed by atoms with van der Waals surface area (Å²) in [7, 11) is 0. The zero-order valence-electron chi connectivity index (χ0n) is 6.50. The summed E-state index contributed by atoms with van der Waals surface area (Å²) in [5.74, 6) is 0. The topological polar surface area (TPSA) is 12.5 Å². The van der Waals surface area contributed by atoms with E-state index in [-0.39, 0.29) is 0 Å². The van der Waals surface area contributed by atoms with E-state index in [0.29, 0.717) is 12.2 Å². The number of benzene rings is 1. The maximum absolute atomic E-state index is 5.43. The van der Waals surface area contributed by atoms with Crippen LogP contribution >= 0.6 is 0 Å². The molecule has 0 saturated carbocycles. The SMILES string of the molecule is Cc1ccc2c(c1)C1OC1C2. The molecule has 1 aromatic rings. The van der Waals surface area contributed by atoms with E-state index in [4.69, 9.17) is 4.74 Å². The van der Waals surface area contributed by atoms with Crippen molar-refractivity contribution in [2.24, 2.45) is 0 Å². The summed E-state index contributed by atoms with van der Waals surface area (Å²) >= 11 is 0. The Morgan fingerprint density at radius 2 is 2.36 bits per heavy atom. The molecule has 1 aliphatic carbocycles. The normalized spacial score (nSPS) is 31.4. The monoisotopic (exact) mass is 146 g/mol. The van der Waals surface area contributed by atoms with Gasteiger partial charge in [0.25, 0.3) is 0 Å². The molecule has 2 atom stereocenters. The van der Waals surface area contributed by atoms with Gasteiger partial charge in [-0.3, -0.25) is 0 Å². The average molecular weight is 146 g/mol. The number of ether oxygens (including phenoxy) is 1. The summed E-state index contributed by atoms with van der Waals surface area (Å²) in [6, 6.07) is 6.68. The molecule has 1 aliphatic heterocycles. The Balaban J connectivity index is 2.20. The van der Waals surface area contributed by atoms with Crippen molar-refractivity contribution in [1.29, 1.82) is 0 Å². The lowest BCUT2D eigenvalue weighted by Crippen LogP contribution is -1.88. The first kappa shape index (κ1) is 5.78. The molecule has 56 valence electrons. The van der Waals surface area contributed by atoms with Crippen LogP contribution in [0.25, 0.3) is 0 Å². The molecule has 0 amide bonds. The minimum atomic E-state index is 0.463. The number of fused-ring (bicyclic) bond motifs is 3. The Bertz CT molecular complexity index is 317. The van der Waals surface area contributed by atoms with Gasteiger partial charge in [0.05, 0.1) is 6.10 Å². The lowest BCUT2D eigenvalue weighted by atomic mass is 10.1. The Morgan fingerprint density at radius 3 is 3.27 bits per heavy atom. The van der Waals surface area contributed by atoms with Gasteiger partial charge in [-0.05, 0) is 18.1 Å². The molecule has 11 heavy (non-hydrogen) atoms. The van der Waals surface area contributed by atoms with E-state index in [2.05, 4.69) is 25.1 Å². The molecular formula is C10H10O. The molecular weight excluding hydrogens is 136 g/mol. The highest BCUT2D eigenvalue weighted by atomic mass is 16.6. The van der Waals surface area contributed by atoms with Crippen molar-refractivity contribution in [1.82, 2.24) is 0 Å². The summed E-state index contributed by atoms with van der Waals surface area (Å²) in [5.41, 5.74) is 4.28. The highest BCUT2D eigenvalue weighted by molar-refractivity contribution is 5.41. The molecule has 0 bridgehead atoms. The molecule has 1 heteroatoms. The van der Waals surface area contributed by atoms with E-state index < -0.39 is 0 Å². The summed E-state index contributed by atoms with van der Waals surface area (Å²) in [5, 5.41) is 0. The molecule has 0 N–H and O–H groups in total. The van der Waals surface area contributed by atoms with Crippen LogP contribution < -0.4 is 0 Å². The van der Waals surface area contributed by atoms with Gasteiger partial charge in [-0.1, -0.05) is 23.8 Å². The van der Waals surface area contributed by atoms with E-state index in [1.54, 1.807) is 0 Å². The highest BCUT2D eigenvalue weighted by Crippen LogP contribution is 2.48. The van der Waals surface area contributed by atoms with Crippen LogP contribution in [0.15, 0.2) is 18.2 Å². The van der Waals surface area contributed by atoms with Gasteiger partial charge in [-0.25, -0.2) is 0 Å². The lowest BCUT2D eigenvalue weighted by Gasteiger charge is -2.01. The van der Waals surface area contributed by atoms with Crippen LogP contribution in [0.3, 0.4) is 0 Å². The molecule has 1 heterocycles. The Labute approximate surface area is 66.0 Å². The Hall–Kier alpha value is -0.820. The maximum Gasteiger partial charge on any atom is 0.110 e. The van der Waals surface area contributed by atoms with Crippen LogP contribution in [-0.4, -0.2) is 6.10 Å². The third kappa shape index (κ3) is 0.690. The van der Waals surface area contributed by atoms with Crippen LogP contribution in [0.2, 0.25) is 0 Å². The molecule has 1 fully saturated rings. The summed E-state index contributed by atoms with van der Waals surface area (Å²) < 4.78 is 5.43. The first-order valence-corrected chi connectivity index (χ1v) is 4.09. The van der Waals surface area contributed by atoms with Crippen molar-refractivity contribution in [3.05, 3.63) is 34.9 Å². The first-order valence-electron chi connectivity index (χ1n) is 4.09. The molecule has 2 unspecified atom stereocenters. The predicted octanol–water partition coefficient (Wildman–Crippen LogP) is 1.99. The third-order valence-electron chi connectivity index (χ3n) is 2.61. The highest BCUT2D eigenvalue weighted by Gasteiger charge is 2.46. The fourth-order valence-electron chi connectivity index (χ4n) is 1.95. The zero-order chi connectivity index (χ0) is 7.42. The van der Waals surface area contributed by atoms with Gasteiger partial charge < -0.3 is 4.74 Å². The first-order chi connectivity index (χ1) is 5.34. The minimum absolute atomic E-state index is 0.463. The van der Waals surface area contributed by atoms with Crippen LogP contribution in [0.1, 0.15) is 22.8 Å². The van der Waals surface area contributed by atoms with Crippen molar-refractivity contribution in [2.75, 3.05) is 0 Å². The van der Waals surface area contributed by atoms with Crippen LogP contribution in [0.5, 0.6) is 0 Å². The molecule has 2 aliphatic rings. The molecule has 1 nitrogen and oxygen atoms in total. The van der Waals surface area contributed by atoms with Gasteiger partial charge in [-0.15, -0.1) is 0 Å². The Kier molecular flexibility index (Phi) is 0.878. The van der Waals surface area contributed by atoms with E-state index in [0.717, 1.165) is 6.42 Å². The lowest BCUT2D eigenvalue weighted by molar-refractivity contribution is 0.361. The van der Waals surface area contributed by atoms with Crippen molar-refractivity contribution in [2.45, 2.75) is 25.6 Å². The number of hydrogen-bond acceptors (Lipinski definition) is 1. The van der Waals surface area contributed by atoms with Crippen molar-refractivity contribution in [3.8, 4) is 0 Å². The van der Waals surface area contributed by atoms with Crippen molar-refractivity contribution in [3.63, 3.8) is 0 Å². The minimum Gasteiger partial charge on any atom is -0.364 e. The second-order valence-corrected chi connectivity index (χ2v) is 3.50. The van der Waals surface area contributed by atoms with E-state index >= 15 is 0 Å². The molecule has 0 spiro atoms. The second kappa shape index (κ2) is 1.67. The Morgan fingerprint density at radius 1 is 1.45 bits per heavy atom. The van der Waals surface area contributed by atoms with Crippen molar-refractivity contribution >= 4 is 0 Å². The van der Waals surface area contributed by atoms with E-state index in [1.807, 2.05) is 0 Å². The smallest absolute Gasteiger partial charge is 0.110 e. The number of rotatable bonds is 0. The van der Waals surface area contributed by atoms with Crippen LogP contribution in [-0.2, 0) is 11.2 Å². The van der Waals surface area contributed by atoms with Gasteiger partial charge in [0.15, 0.2) is 0 Å². The second-order valence-electron chi connectivity index (χ2n) is 3.50. The average Bonchev–Trinajstić information content (AvgIpc) is 2.67. The van der Waals surface area contributed by atoms with Gasteiger partial charge >= 0.3 is 0 Å². The molecule has 3 rings (SSSR count). The third-order valence-corrected chi connectivity index (χ3v) is 2.61. The van der Waals surface area contributed by atoms with Gasteiger partial charge in [0.1, 0.15) is 6.10 Å². The molecule has 1 aromatic carbocycles. The molecule has 0 aromatic heterocycles. The number of hydrogen-bond donors (Lipinski definition) is 0. The van der Waals surface area contributed by atoms with Gasteiger partial charge in [0.2, 0.25) is 0 Å². The summed E-state index contributed by atoms with van der Waals surface area (Å²) in [4.78, 5) is 0. The fourth-order valence-corrected chi connectivity index (χ4v) is 1.95. The van der Waals surface area contributed by atoms with E-state index in [9.17, 15) is 0 Å². The van der Waals surface area contributed by atoms with Gasteiger partial charge in [-0.2, -0.15) is 0 Å². The van der Waals surface area contributed by atoms with Crippen LogP contribution in [0, 0.1) is 6.92 Å². The quantitative estimate of drug-likeness (QED) is 0.510.